The number of fused-ring (bicyclic) bond motifs is 1. The maximum Gasteiger partial charge on any atom is 0.163 e. The molecule has 0 amide bonds. The fourth-order valence-corrected chi connectivity index (χ4v) is 4.52. The standard InChI is InChI=1S/C28H29ClN4O3/c1-33-12-10-18(11-13-33)17-35-26-16-24-23(15-25(26)34-2)27(30)32-28(31-24)19-6-8-21(9-7-19)36-22-5-3-4-20(29)14-22/h3-9,14-16,18H,10-13,17H2,1-2H3,(H2,30,31,32). The van der Waals surface area contributed by atoms with Gasteiger partial charge in [0.15, 0.2) is 17.3 Å². The molecule has 1 aliphatic rings. The number of hydrogen-bond donors (Lipinski definition) is 1. The monoisotopic (exact) mass is 504 g/mol. The van der Waals surface area contributed by atoms with Crippen molar-refractivity contribution in [2.45, 2.75) is 12.8 Å². The van der Waals surface area contributed by atoms with Gasteiger partial charge in [0, 0.05) is 22.0 Å². The Balaban J connectivity index is 1.38. The molecule has 0 aliphatic carbocycles. The average Bonchev–Trinajstić information content (AvgIpc) is 2.88. The summed E-state index contributed by atoms with van der Waals surface area (Å²) in [6.07, 6.45) is 2.26. The van der Waals surface area contributed by atoms with Gasteiger partial charge in [0.1, 0.15) is 17.3 Å². The van der Waals surface area contributed by atoms with E-state index >= 15 is 0 Å². The second-order valence-corrected chi connectivity index (χ2v) is 9.53. The Labute approximate surface area is 215 Å². The van der Waals surface area contributed by atoms with Crippen molar-refractivity contribution in [1.82, 2.24) is 14.9 Å². The van der Waals surface area contributed by atoms with E-state index in [0.29, 0.717) is 57.7 Å². The summed E-state index contributed by atoms with van der Waals surface area (Å²) in [5, 5.41) is 1.35. The molecule has 1 aromatic heterocycles. The number of nitrogen functional groups attached to an aromatic ring is 1. The Morgan fingerprint density at radius 2 is 1.75 bits per heavy atom. The Bertz CT molecular complexity index is 1360. The lowest BCUT2D eigenvalue weighted by Gasteiger charge is -2.28. The molecule has 4 aromatic rings. The summed E-state index contributed by atoms with van der Waals surface area (Å²) in [6, 6.07) is 18.5. The molecular weight excluding hydrogens is 476 g/mol. The van der Waals surface area contributed by atoms with E-state index in [1.165, 1.54) is 0 Å². The number of likely N-dealkylation sites (tertiary alicyclic amines) is 1. The first-order valence-corrected chi connectivity index (χ1v) is 12.4. The second-order valence-electron chi connectivity index (χ2n) is 9.09. The van der Waals surface area contributed by atoms with Gasteiger partial charge in [0.25, 0.3) is 0 Å². The van der Waals surface area contributed by atoms with Crippen LogP contribution < -0.4 is 19.9 Å². The summed E-state index contributed by atoms with van der Waals surface area (Å²) in [6.45, 7) is 2.84. The highest BCUT2D eigenvalue weighted by Gasteiger charge is 2.19. The lowest BCUT2D eigenvalue weighted by atomic mass is 9.98. The minimum absolute atomic E-state index is 0.384. The number of anilines is 1. The molecule has 0 atom stereocenters. The summed E-state index contributed by atoms with van der Waals surface area (Å²) in [4.78, 5) is 11.7. The van der Waals surface area contributed by atoms with E-state index in [9.17, 15) is 0 Å². The van der Waals surface area contributed by atoms with Crippen LogP contribution in [0, 0.1) is 5.92 Å². The summed E-state index contributed by atoms with van der Waals surface area (Å²) >= 11 is 6.05. The lowest BCUT2D eigenvalue weighted by molar-refractivity contribution is 0.157. The van der Waals surface area contributed by atoms with Crippen molar-refractivity contribution in [1.29, 1.82) is 0 Å². The van der Waals surface area contributed by atoms with Crippen molar-refractivity contribution in [3.8, 4) is 34.4 Å². The van der Waals surface area contributed by atoms with Crippen LogP contribution in [0.1, 0.15) is 12.8 Å². The molecule has 0 spiro atoms. The maximum absolute atomic E-state index is 6.33. The normalized spacial score (nSPS) is 14.6. The van der Waals surface area contributed by atoms with Crippen LogP contribution in [0.5, 0.6) is 23.0 Å². The minimum atomic E-state index is 0.384. The third kappa shape index (κ3) is 5.48. The molecule has 186 valence electrons. The lowest BCUT2D eigenvalue weighted by Crippen LogP contribution is -2.32. The number of piperidine rings is 1. The van der Waals surface area contributed by atoms with Gasteiger partial charge in [-0.1, -0.05) is 17.7 Å². The third-order valence-electron chi connectivity index (χ3n) is 6.47. The zero-order chi connectivity index (χ0) is 25.1. The van der Waals surface area contributed by atoms with Crippen molar-refractivity contribution < 1.29 is 14.2 Å². The van der Waals surface area contributed by atoms with Crippen LogP contribution in [0.25, 0.3) is 22.3 Å². The molecule has 0 bridgehead atoms. The van der Waals surface area contributed by atoms with Gasteiger partial charge in [0.2, 0.25) is 0 Å². The first-order valence-electron chi connectivity index (χ1n) is 12.0. The van der Waals surface area contributed by atoms with E-state index in [1.54, 1.807) is 19.2 Å². The second kappa shape index (κ2) is 10.6. The van der Waals surface area contributed by atoms with Crippen molar-refractivity contribution in [2.75, 3.05) is 39.6 Å². The van der Waals surface area contributed by atoms with Crippen molar-refractivity contribution >= 4 is 28.3 Å². The number of rotatable bonds is 7. The first-order chi connectivity index (χ1) is 17.5. The largest absolute Gasteiger partial charge is 0.493 e. The minimum Gasteiger partial charge on any atom is -0.493 e. The Hall–Kier alpha value is -3.55. The number of hydrogen-bond acceptors (Lipinski definition) is 7. The van der Waals surface area contributed by atoms with Crippen molar-refractivity contribution in [3.05, 3.63) is 65.7 Å². The third-order valence-corrected chi connectivity index (χ3v) is 6.70. The van der Waals surface area contributed by atoms with Crippen LogP contribution in [0.4, 0.5) is 5.82 Å². The van der Waals surface area contributed by atoms with E-state index in [1.807, 2.05) is 48.5 Å². The predicted molar refractivity (Wildman–Crippen MR) is 143 cm³/mol. The van der Waals surface area contributed by atoms with E-state index in [2.05, 4.69) is 16.9 Å². The van der Waals surface area contributed by atoms with Crippen molar-refractivity contribution in [3.63, 3.8) is 0 Å². The molecular formula is C28H29ClN4O3. The van der Waals surface area contributed by atoms with Crippen LogP contribution in [0.3, 0.4) is 0 Å². The van der Waals surface area contributed by atoms with E-state index in [4.69, 9.17) is 36.5 Å². The van der Waals surface area contributed by atoms with Crippen LogP contribution in [-0.2, 0) is 0 Å². The van der Waals surface area contributed by atoms with Crippen LogP contribution in [0.15, 0.2) is 60.7 Å². The van der Waals surface area contributed by atoms with Gasteiger partial charge in [-0.05, 0) is 87.4 Å². The highest BCUT2D eigenvalue weighted by Crippen LogP contribution is 2.35. The molecule has 8 heteroatoms. The quantitative estimate of drug-likeness (QED) is 0.328. The topological polar surface area (TPSA) is 82.7 Å². The summed E-state index contributed by atoms with van der Waals surface area (Å²) < 4.78 is 17.7. The Morgan fingerprint density at radius 1 is 0.972 bits per heavy atom. The first kappa shape index (κ1) is 24.2. The highest BCUT2D eigenvalue weighted by atomic mass is 35.5. The van der Waals surface area contributed by atoms with Crippen LogP contribution >= 0.6 is 11.6 Å². The van der Waals surface area contributed by atoms with Gasteiger partial charge in [-0.3, -0.25) is 0 Å². The van der Waals surface area contributed by atoms with Crippen LogP contribution in [0.2, 0.25) is 5.02 Å². The van der Waals surface area contributed by atoms with Gasteiger partial charge in [-0.2, -0.15) is 0 Å². The summed E-state index contributed by atoms with van der Waals surface area (Å²) in [5.74, 6) is 4.09. The van der Waals surface area contributed by atoms with Gasteiger partial charge in [-0.15, -0.1) is 0 Å². The molecule has 1 fully saturated rings. The number of nitrogens with zero attached hydrogens (tertiary/aromatic N) is 3. The van der Waals surface area contributed by atoms with Gasteiger partial charge >= 0.3 is 0 Å². The highest BCUT2D eigenvalue weighted by molar-refractivity contribution is 6.30. The molecule has 1 saturated heterocycles. The summed E-state index contributed by atoms with van der Waals surface area (Å²) in [5.41, 5.74) is 7.86. The number of methoxy groups -OCH3 is 1. The molecule has 0 radical (unpaired) electrons. The van der Waals surface area contributed by atoms with E-state index < -0.39 is 0 Å². The van der Waals surface area contributed by atoms with Gasteiger partial charge in [0.05, 0.1) is 19.2 Å². The SMILES string of the molecule is COc1cc2c(N)nc(-c3ccc(Oc4cccc(Cl)c4)cc3)nc2cc1OCC1CCN(C)CC1. The molecule has 2 N–H and O–H groups in total. The Morgan fingerprint density at radius 3 is 2.47 bits per heavy atom. The molecule has 2 heterocycles. The van der Waals surface area contributed by atoms with E-state index in [-0.39, 0.29) is 0 Å². The summed E-state index contributed by atoms with van der Waals surface area (Å²) in [7, 11) is 3.78. The number of nitrogens with two attached hydrogens (primary N) is 1. The van der Waals surface area contributed by atoms with Gasteiger partial charge < -0.3 is 24.8 Å². The fraction of sp³-hybridized carbons (Fsp3) is 0.286. The molecule has 0 saturated carbocycles. The average molecular weight is 505 g/mol. The molecule has 1 aliphatic heterocycles. The number of aromatic nitrogens is 2. The van der Waals surface area contributed by atoms with Crippen LogP contribution in [-0.4, -0.2) is 48.7 Å². The molecule has 36 heavy (non-hydrogen) atoms. The fourth-order valence-electron chi connectivity index (χ4n) is 4.34. The molecule has 5 rings (SSSR count). The number of ether oxygens (including phenoxy) is 3. The van der Waals surface area contributed by atoms with E-state index in [0.717, 1.165) is 36.9 Å². The number of halogens is 1. The van der Waals surface area contributed by atoms with Crippen molar-refractivity contribution in [2.24, 2.45) is 5.92 Å². The number of benzene rings is 3. The smallest absolute Gasteiger partial charge is 0.163 e. The Kier molecular flexibility index (Phi) is 7.11. The predicted octanol–water partition coefficient (Wildman–Crippen LogP) is 6.05. The molecule has 3 aromatic carbocycles. The van der Waals surface area contributed by atoms with Gasteiger partial charge in [-0.25, -0.2) is 9.97 Å². The zero-order valence-corrected chi connectivity index (χ0v) is 21.2. The zero-order valence-electron chi connectivity index (χ0n) is 20.4. The molecule has 7 nitrogen and oxygen atoms in total. The maximum atomic E-state index is 6.33. The molecule has 0 unspecified atom stereocenters.